The number of hydrogen-bond acceptors (Lipinski definition) is 6. The van der Waals surface area contributed by atoms with Crippen molar-refractivity contribution in [2.45, 2.75) is 45.1 Å². The minimum atomic E-state index is -0.223. The monoisotopic (exact) mass is 430 g/mol. The van der Waals surface area contributed by atoms with E-state index in [2.05, 4.69) is 28.2 Å². The molecule has 0 spiro atoms. The van der Waals surface area contributed by atoms with Crippen molar-refractivity contribution in [1.82, 2.24) is 9.97 Å². The fourth-order valence-corrected chi connectivity index (χ4v) is 4.90. The lowest BCUT2D eigenvalue weighted by Gasteiger charge is -2.17. The Balaban J connectivity index is 1.39. The maximum atomic E-state index is 11.7. The van der Waals surface area contributed by atoms with E-state index in [9.17, 15) is 4.79 Å². The third kappa shape index (κ3) is 3.60. The standard InChI is InChI=1S/C26H26N2O4/c1-15-26(16(2)28-14-27-15)22-6-4-5-21-20(22)9-10-23(21)32-18-7-8-19-17(11-25(29)30-3)13-31-24(19)12-18/h4-8,12,14,17,23H,9-11,13H2,1-3H3. The average Bonchev–Trinajstić information content (AvgIpc) is 3.38. The van der Waals surface area contributed by atoms with Gasteiger partial charge in [-0.1, -0.05) is 24.3 Å². The van der Waals surface area contributed by atoms with Gasteiger partial charge in [0.05, 0.1) is 20.1 Å². The number of esters is 1. The lowest BCUT2D eigenvalue weighted by molar-refractivity contribution is -0.141. The van der Waals surface area contributed by atoms with Gasteiger partial charge in [0, 0.05) is 34.5 Å². The molecule has 2 aliphatic rings. The van der Waals surface area contributed by atoms with E-state index >= 15 is 0 Å². The molecular formula is C26H26N2O4. The van der Waals surface area contributed by atoms with Gasteiger partial charge in [-0.2, -0.15) is 0 Å². The maximum absolute atomic E-state index is 11.7. The molecule has 0 saturated heterocycles. The lowest BCUT2D eigenvalue weighted by atomic mass is 9.95. The number of aryl methyl sites for hydroxylation is 2. The highest BCUT2D eigenvalue weighted by Crippen LogP contribution is 2.43. The van der Waals surface area contributed by atoms with Crippen LogP contribution in [0.4, 0.5) is 0 Å². The van der Waals surface area contributed by atoms with Crippen molar-refractivity contribution in [3.63, 3.8) is 0 Å². The molecule has 0 bridgehead atoms. The summed E-state index contributed by atoms with van der Waals surface area (Å²) in [5, 5.41) is 0. The van der Waals surface area contributed by atoms with Gasteiger partial charge >= 0.3 is 5.97 Å². The predicted octanol–water partition coefficient (Wildman–Crippen LogP) is 4.87. The Kier molecular flexibility index (Phi) is 5.29. The summed E-state index contributed by atoms with van der Waals surface area (Å²) in [6, 6.07) is 12.3. The largest absolute Gasteiger partial charge is 0.492 e. The normalized spacial score (nSPS) is 18.6. The molecule has 0 radical (unpaired) electrons. The van der Waals surface area contributed by atoms with Crippen LogP contribution in [-0.4, -0.2) is 29.7 Å². The molecule has 0 N–H and O–H groups in total. The first-order valence-corrected chi connectivity index (χ1v) is 11.0. The molecule has 164 valence electrons. The van der Waals surface area contributed by atoms with Gasteiger partial charge < -0.3 is 14.2 Å². The van der Waals surface area contributed by atoms with Crippen molar-refractivity contribution in [2.75, 3.05) is 13.7 Å². The molecular weight excluding hydrogens is 404 g/mol. The second-order valence-electron chi connectivity index (χ2n) is 8.43. The summed E-state index contributed by atoms with van der Waals surface area (Å²) in [5.41, 5.74) is 7.87. The Morgan fingerprint density at radius 2 is 1.94 bits per heavy atom. The number of carbonyl (C=O) groups is 1. The van der Waals surface area contributed by atoms with Gasteiger partial charge in [0.2, 0.25) is 0 Å². The van der Waals surface area contributed by atoms with Gasteiger partial charge in [0.1, 0.15) is 23.9 Å². The van der Waals surface area contributed by atoms with Gasteiger partial charge in [-0.25, -0.2) is 9.97 Å². The zero-order valence-corrected chi connectivity index (χ0v) is 18.6. The molecule has 0 saturated carbocycles. The van der Waals surface area contributed by atoms with E-state index in [0.717, 1.165) is 46.9 Å². The zero-order valence-electron chi connectivity index (χ0n) is 18.6. The second-order valence-corrected chi connectivity index (χ2v) is 8.43. The van der Waals surface area contributed by atoms with Crippen molar-refractivity contribution in [2.24, 2.45) is 0 Å². The number of aromatic nitrogens is 2. The van der Waals surface area contributed by atoms with Gasteiger partial charge in [0.15, 0.2) is 0 Å². The number of nitrogens with zero attached hydrogens (tertiary/aromatic N) is 2. The van der Waals surface area contributed by atoms with Crippen molar-refractivity contribution in [1.29, 1.82) is 0 Å². The summed E-state index contributed by atoms with van der Waals surface area (Å²) in [6.45, 7) is 4.55. The van der Waals surface area contributed by atoms with Crippen LogP contribution in [-0.2, 0) is 16.0 Å². The number of rotatable bonds is 5. The van der Waals surface area contributed by atoms with Crippen LogP contribution in [0, 0.1) is 13.8 Å². The first-order chi connectivity index (χ1) is 15.5. The Hall–Kier alpha value is -3.41. The summed E-state index contributed by atoms with van der Waals surface area (Å²) in [6.07, 6.45) is 3.80. The molecule has 2 atom stereocenters. The van der Waals surface area contributed by atoms with Crippen molar-refractivity contribution in [3.8, 4) is 22.6 Å². The number of benzene rings is 2. The molecule has 1 aliphatic heterocycles. The van der Waals surface area contributed by atoms with Gasteiger partial charge in [-0.05, 0) is 49.4 Å². The molecule has 32 heavy (non-hydrogen) atoms. The van der Waals surface area contributed by atoms with Crippen LogP contribution >= 0.6 is 0 Å². The SMILES string of the molecule is COC(=O)CC1COc2cc(OC3CCc4c(-c5c(C)ncnc5C)cccc43)ccc21. The summed E-state index contributed by atoms with van der Waals surface area (Å²) in [7, 11) is 1.41. The molecule has 5 rings (SSSR count). The van der Waals surface area contributed by atoms with Gasteiger partial charge in [0.25, 0.3) is 0 Å². The molecule has 2 unspecified atom stereocenters. The molecule has 6 heteroatoms. The van der Waals surface area contributed by atoms with Crippen LogP contribution in [0.25, 0.3) is 11.1 Å². The summed E-state index contributed by atoms with van der Waals surface area (Å²) in [5.74, 6) is 1.37. The number of ether oxygens (including phenoxy) is 3. The number of methoxy groups -OCH3 is 1. The Morgan fingerprint density at radius 1 is 1.12 bits per heavy atom. The quantitative estimate of drug-likeness (QED) is 0.538. The Bertz CT molecular complexity index is 1170. The fraction of sp³-hybridized carbons (Fsp3) is 0.346. The van der Waals surface area contributed by atoms with E-state index in [1.54, 1.807) is 6.33 Å². The van der Waals surface area contributed by atoms with Gasteiger partial charge in [-0.3, -0.25) is 4.79 Å². The minimum absolute atomic E-state index is 0.0134. The first-order valence-electron chi connectivity index (χ1n) is 11.0. The van der Waals surface area contributed by atoms with Crippen molar-refractivity contribution >= 4 is 5.97 Å². The minimum Gasteiger partial charge on any atom is -0.492 e. The Morgan fingerprint density at radius 3 is 2.72 bits per heavy atom. The number of fused-ring (bicyclic) bond motifs is 2. The van der Waals surface area contributed by atoms with E-state index in [0.29, 0.717) is 13.0 Å². The van der Waals surface area contributed by atoms with Crippen LogP contribution in [0.3, 0.4) is 0 Å². The maximum Gasteiger partial charge on any atom is 0.306 e. The second kappa shape index (κ2) is 8.26. The topological polar surface area (TPSA) is 70.5 Å². The summed E-state index contributed by atoms with van der Waals surface area (Å²) >= 11 is 0. The lowest BCUT2D eigenvalue weighted by Crippen LogP contribution is -2.09. The summed E-state index contributed by atoms with van der Waals surface area (Å²) in [4.78, 5) is 20.5. The van der Waals surface area contributed by atoms with Gasteiger partial charge in [-0.15, -0.1) is 0 Å². The van der Waals surface area contributed by atoms with Crippen molar-refractivity contribution in [3.05, 3.63) is 70.8 Å². The highest BCUT2D eigenvalue weighted by atomic mass is 16.5. The molecule has 1 aliphatic carbocycles. The molecule has 3 aromatic rings. The summed E-state index contributed by atoms with van der Waals surface area (Å²) < 4.78 is 17.0. The van der Waals surface area contributed by atoms with Crippen LogP contribution in [0.1, 0.15) is 52.9 Å². The third-order valence-corrected chi connectivity index (χ3v) is 6.50. The Labute approximate surface area is 187 Å². The van der Waals surface area contributed by atoms with Crippen LogP contribution < -0.4 is 9.47 Å². The van der Waals surface area contributed by atoms with E-state index in [1.165, 1.54) is 23.8 Å². The van der Waals surface area contributed by atoms with E-state index < -0.39 is 0 Å². The first kappa shape index (κ1) is 20.5. The van der Waals surface area contributed by atoms with Crippen LogP contribution in [0.5, 0.6) is 11.5 Å². The number of carbonyl (C=O) groups excluding carboxylic acids is 1. The highest BCUT2D eigenvalue weighted by molar-refractivity contribution is 5.73. The van der Waals surface area contributed by atoms with Crippen LogP contribution in [0.15, 0.2) is 42.7 Å². The molecule has 2 aromatic carbocycles. The molecule has 6 nitrogen and oxygen atoms in total. The zero-order chi connectivity index (χ0) is 22.2. The average molecular weight is 431 g/mol. The molecule has 2 heterocycles. The highest BCUT2D eigenvalue weighted by Gasteiger charge is 2.30. The fourth-order valence-electron chi connectivity index (χ4n) is 4.90. The van der Waals surface area contributed by atoms with E-state index in [1.807, 2.05) is 32.0 Å². The molecule has 1 aromatic heterocycles. The number of hydrogen-bond donors (Lipinski definition) is 0. The smallest absolute Gasteiger partial charge is 0.306 e. The predicted molar refractivity (Wildman–Crippen MR) is 120 cm³/mol. The van der Waals surface area contributed by atoms with E-state index in [-0.39, 0.29) is 18.0 Å². The van der Waals surface area contributed by atoms with Crippen LogP contribution in [0.2, 0.25) is 0 Å². The van der Waals surface area contributed by atoms with E-state index in [4.69, 9.17) is 14.2 Å². The molecule has 0 amide bonds. The third-order valence-electron chi connectivity index (χ3n) is 6.50. The molecule has 0 fully saturated rings. The van der Waals surface area contributed by atoms with Crippen molar-refractivity contribution < 1.29 is 19.0 Å².